The Morgan fingerprint density at radius 3 is 2.67 bits per heavy atom. The molecule has 0 aliphatic rings. The van der Waals surface area contributed by atoms with Crippen LogP contribution in [0, 0.1) is 0 Å². The summed E-state index contributed by atoms with van der Waals surface area (Å²) in [5.41, 5.74) is 0. The lowest BCUT2D eigenvalue weighted by Gasteiger charge is -1.95. The summed E-state index contributed by atoms with van der Waals surface area (Å²) in [7, 11) is 1.85. The summed E-state index contributed by atoms with van der Waals surface area (Å²) >= 11 is -0.940. The van der Waals surface area contributed by atoms with Crippen LogP contribution in [0.1, 0.15) is 0 Å². The van der Waals surface area contributed by atoms with Crippen LogP contribution < -0.4 is 0 Å². The molecule has 0 spiro atoms. The topological polar surface area (TPSA) is 40.9 Å². The lowest BCUT2D eigenvalue weighted by Crippen LogP contribution is -1.96. The van der Waals surface area contributed by atoms with E-state index in [0.717, 1.165) is 0 Å². The van der Waals surface area contributed by atoms with Crippen LogP contribution in [-0.2, 0) is 18.2 Å². The van der Waals surface area contributed by atoms with Crippen molar-refractivity contribution in [2.75, 3.05) is 6.26 Å². The first kappa shape index (κ1) is 6.64. The van der Waals surface area contributed by atoms with Gasteiger partial charge in [-0.3, -0.25) is 0 Å². The quantitative estimate of drug-likeness (QED) is 0.527. The van der Waals surface area contributed by atoms with Crippen LogP contribution in [0.25, 0.3) is 0 Å². The van der Waals surface area contributed by atoms with E-state index < -0.39 is 11.2 Å². The Hall–Kier alpha value is -0.480. The highest BCUT2D eigenvalue weighted by atomic mass is 32.2. The van der Waals surface area contributed by atoms with Crippen LogP contribution in [0.3, 0.4) is 0 Å². The summed E-state index contributed by atoms with van der Waals surface area (Å²) in [5.74, 6) is 0. The van der Waals surface area contributed by atoms with Crippen LogP contribution >= 0.6 is 0 Å². The maximum Gasteiger partial charge on any atom is 0.262 e. The Kier molecular flexibility index (Phi) is 1.78. The third kappa shape index (κ3) is 1.46. The molecule has 0 saturated heterocycles. The van der Waals surface area contributed by atoms with Crippen LogP contribution in [0.4, 0.5) is 0 Å². The zero-order valence-corrected chi connectivity index (χ0v) is 6.18. The van der Waals surface area contributed by atoms with Crippen molar-refractivity contribution in [2.45, 2.75) is 5.03 Å². The fourth-order valence-corrected chi connectivity index (χ4v) is 1.05. The smallest absolute Gasteiger partial charge is 0.262 e. The number of aromatic nitrogens is 2. The molecule has 0 aromatic carbocycles. The second-order valence-corrected chi connectivity index (χ2v) is 3.16. The number of rotatable bonds is 1. The van der Waals surface area contributed by atoms with Crippen molar-refractivity contribution >= 4 is 11.2 Å². The van der Waals surface area contributed by atoms with Gasteiger partial charge >= 0.3 is 0 Å². The van der Waals surface area contributed by atoms with Gasteiger partial charge in [-0.1, -0.05) is 0 Å². The first-order chi connectivity index (χ1) is 4.20. The molecule has 0 saturated carbocycles. The minimum absolute atomic E-state index is 0.637. The van der Waals surface area contributed by atoms with E-state index >= 15 is 0 Å². The number of imidazole rings is 1. The number of hydrogen-bond donors (Lipinski definition) is 0. The molecule has 1 aromatic rings. The van der Waals surface area contributed by atoms with Gasteiger partial charge in [-0.15, -0.1) is 0 Å². The molecule has 1 rings (SSSR count). The second kappa shape index (κ2) is 2.41. The summed E-state index contributed by atoms with van der Waals surface area (Å²) < 4.78 is 12.5. The molecule has 9 heavy (non-hydrogen) atoms. The number of hydrogen-bond acceptors (Lipinski definition) is 2. The molecule has 4 heteroatoms. The average molecular weight is 144 g/mol. The molecule has 1 atom stereocenters. The highest BCUT2D eigenvalue weighted by molar-refractivity contribution is 7.90. The molecule has 1 aromatic heterocycles. The summed E-state index contributed by atoms with van der Waals surface area (Å²) in [4.78, 5) is 3.88. The summed E-state index contributed by atoms with van der Waals surface area (Å²) in [6.07, 6.45) is 5.00. The van der Waals surface area contributed by atoms with Crippen molar-refractivity contribution < 1.29 is 4.55 Å². The van der Waals surface area contributed by atoms with Gasteiger partial charge in [-0.25, -0.2) is 0 Å². The predicted molar refractivity (Wildman–Crippen MR) is 35.5 cm³/mol. The zero-order chi connectivity index (χ0) is 6.85. The highest BCUT2D eigenvalue weighted by Crippen LogP contribution is 2.01. The van der Waals surface area contributed by atoms with E-state index in [4.69, 9.17) is 0 Å². The molecule has 0 aliphatic carbocycles. The van der Waals surface area contributed by atoms with Crippen molar-refractivity contribution in [3.63, 3.8) is 0 Å². The molecular formula is C5H8N2OS. The standard InChI is InChI=1S/C5H8N2OS/c1-7-3-5(6-4-7)9(2)8/h3-4H,1-2H3. The lowest BCUT2D eigenvalue weighted by atomic mass is 10.9. The number of aryl methyl sites for hydroxylation is 1. The van der Waals surface area contributed by atoms with Gasteiger partial charge in [0.2, 0.25) is 0 Å². The van der Waals surface area contributed by atoms with Gasteiger partial charge in [0.15, 0.2) is 0 Å². The minimum atomic E-state index is -0.940. The van der Waals surface area contributed by atoms with Crippen LogP contribution in [0.5, 0.6) is 0 Å². The van der Waals surface area contributed by atoms with Gasteiger partial charge < -0.3 is 9.12 Å². The SMILES string of the molecule is Cn1cnc([S+](C)[O-])c1. The molecule has 0 bridgehead atoms. The molecule has 0 radical (unpaired) electrons. The van der Waals surface area contributed by atoms with Gasteiger partial charge in [0, 0.05) is 18.2 Å². The molecule has 1 unspecified atom stereocenters. The molecule has 0 fully saturated rings. The third-order valence-electron chi connectivity index (χ3n) is 0.976. The van der Waals surface area contributed by atoms with Crippen molar-refractivity contribution in [1.82, 2.24) is 9.55 Å². The Bertz CT molecular complexity index is 197. The van der Waals surface area contributed by atoms with E-state index in [9.17, 15) is 4.55 Å². The minimum Gasteiger partial charge on any atom is -0.610 e. The first-order valence-corrected chi connectivity index (χ1v) is 4.07. The first-order valence-electron chi connectivity index (χ1n) is 2.51. The summed E-state index contributed by atoms with van der Waals surface area (Å²) in [6, 6.07) is 0. The fourth-order valence-electron chi connectivity index (χ4n) is 0.537. The average Bonchev–Trinajstić information content (AvgIpc) is 2.14. The number of nitrogens with zero attached hydrogens (tertiary/aromatic N) is 2. The predicted octanol–water partition coefficient (Wildman–Crippen LogP) is 0.157. The molecule has 0 N–H and O–H groups in total. The molecular weight excluding hydrogens is 136 g/mol. The van der Waals surface area contributed by atoms with Gasteiger partial charge in [-0.2, -0.15) is 4.98 Å². The third-order valence-corrected chi connectivity index (χ3v) is 1.78. The van der Waals surface area contributed by atoms with E-state index in [2.05, 4.69) is 4.98 Å². The molecule has 1 heterocycles. The Morgan fingerprint density at radius 1 is 1.78 bits per heavy atom. The van der Waals surface area contributed by atoms with E-state index in [1.807, 2.05) is 7.05 Å². The van der Waals surface area contributed by atoms with E-state index in [-0.39, 0.29) is 0 Å². The fraction of sp³-hybridized carbons (Fsp3) is 0.400. The van der Waals surface area contributed by atoms with E-state index in [1.54, 1.807) is 23.3 Å². The maximum atomic E-state index is 10.7. The van der Waals surface area contributed by atoms with Crippen molar-refractivity contribution in [2.24, 2.45) is 7.05 Å². The Morgan fingerprint density at radius 2 is 2.44 bits per heavy atom. The van der Waals surface area contributed by atoms with Gasteiger partial charge in [0.05, 0.1) is 12.5 Å². The Balaban J connectivity index is 2.85. The van der Waals surface area contributed by atoms with Crippen molar-refractivity contribution in [3.05, 3.63) is 12.5 Å². The van der Waals surface area contributed by atoms with Crippen LogP contribution in [0.15, 0.2) is 17.6 Å². The normalized spacial score (nSPS) is 13.7. The molecule has 3 nitrogen and oxygen atoms in total. The summed E-state index contributed by atoms with van der Waals surface area (Å²) in [6.45, 7) is 0. The highest BCUT2D eigenvalue weighted by Gasteiger charge is 2.04. The van der Waals surface area contributed by atoms with Crippen LogP contribution in [-0.4, -0.2) is 20.4 Å². The van der Waals surface area contributed by atoms with Gasteiger partial charge in [0.25, 0.3) is 5.03 Å². The van der Waals surface area contributed by atoms with Crippen molar-refractivity contribution in [1.29, 1.82) is 0 Å². The second-order valence-electron chi connectivity index (χ2n) is 1.83. The van der Waals surface area contributed by atoms with E-state index in [1.165, 1.54) is 0 Å². The van der Waals surface area contributed by atoms with E-state index in [0.29, 0.717) is 5.03 Å². The molecule has 0 aliphatic heterocycles. The monoisotopic (exact) mass is 144 g/mol. The van der Waals surface area contributed by atoms with Gasteiger partial charge in [-0.05, 0) is 0 Å². The largest absolute Gasteiger partial charge is 0.610 e. The van der Waals surface area contributed by atoms with Crippen LogP contribution in [0.2, 0.25) is 0 Å². The maximum absolute atomic E-state index is 10.7. The van der Waals surface area contributed by atoms with Gasteiger partial charge in [0.1, 0.15) is 6.26 Å². The molecule has 0 amide bonds. The van der Waals surface area contributed by atoms with Crippen molar-refractivity contribution in [3.8, 4) is 0 Å². The summed E-state index contributed by atoms with van der Waals surface area (Å²) in [5, 5.41) is 0.637. The molecule has 50 valence electrons. The Labute approximate surface area is 56.9 Å². The zero-order valence-electron chi connectivity index (χ0n) is 5.37. The lowest BCUT2D eigenvalue weighted by molar-refractivity contribution is 0.597.